The van der Waals surface area contributed by atoms with E-state index in [4.69, 9.17) is 4.42 Å². The first-order valence-corrected chi connectivity index (χ1v) is 8.19. The third-order valence-corrected chi connectivity index (χ3v) is 5.39. The van der Waals surface area contributed by atoms with E-state index in [2.05, 4.69) is 17.1 Å². The number of hydrogen-bond donors (Lipinski definition) is 1. The Morgan fingerprint density at radius 1 is 1.30 bits per heavy atom. The van der Waals surface area contributed by atoms with Crippen LogP contribution in [0.5, 0.6) is 0 Å². The van der Waals surface area contributed by atoms with Crippen molar-refractivity contribution in [2.75, 3.05) is 13.1 Å². The minimum atomic E-state index is -0.0680. The number of carbonyl (C=O) groups is 2. The molecule has 2 aromatic rings. The number of nitrogens with one attached hydrogen (secondary N) is 1. The number of benzene rings is 1. The molecule has 0 spiro atoms. The number of piperidine rings is 3. The normalized spacial score (nSPS) is 29.6. The van der Waals surface area contributed by atoms with E-state index in [0.29, 0.717) is 29.4 Å². The van der Waals surface area contributed by atoms with Crippen LogP contribution >= 0.6 is 0 Å². The lowest BCUT2D eigenvalue weighted by Crippen LogP contribution is -2.62. The smallest absolute Gasteiger partial charge is 0.251 e. The second-order valence-corrected chi connectivity index (χ2v) is 6.63. The number of carbonyl (C=O) groups excluding carboxylic acids is 2. The molecule has 5 heteroatoms. The summed E-state index contributed by atoms with van der Waals surface area (Å²) in [5.41, 5.74) is 1.15. The number of aldehydes is 1. The summed E-state index contributed by atoms with van der Waals surface area (Å²) in [6.45, 7) is 4.48. The average molecular weight is 312 g/mol. The van der Waals surface area contributed by atoms with Crippen LogP contribution in [0.2, 0.25) is 0 Å². The average Bonchev–Trinajstić information content (AvgIpc) is 3.00. The van der Waals surface area contributed by atoms with Gasteiger partial charge in [-0.2, -0.15) is 0 Å². The highest BCUT2D eigenvalue weighted by Gasteiger charge is 2.40. The summed E-state index contributed by atoms with van der Waals surface area (Å²) in [5, 5.41) is 4.04. The molecule has 1 aromatic carbocycles. The Morgan fingerprint density at radius 2 is 2.09 bits per heavy atom. The van der Waals surface area contributed by atoms with E-state index in [9.17, 15) is 9.59 Å². The topological polar surface area (TPSA) is 62.6 Å². The molecule has 23 heavy (non-hydrogen) atoms. The van der Waals surface area contributed by atoms with Crippen molar-refractivity contribution >= 4 is 23.2 Å². The molecule has 1 aromatic heterocycles. The van der Waals surface area contributed by atoms with E-state index in [1.165, 1.54) is 0 Å². The van der Waals surface area contributed by atoms with Gasteiger partial charge < -0.3 is 9.73 Å². The maximum absolute atomic E-state index is 12.6. The molecule has 2 atom stereocenters. The van der Waals surface area contributed by atoms with Crippen LogP contribution in [0.1, 0.15) is 40.7 Å². The standard InChI is InChI=1S/C18H20N2O3/c1-11-17(12-4-6-20(11)7-5-12)19-18(22)14-3-2-13-8-15(10-21)23-16(13)9-14/h2-3,8-12,17H,4-7H2,1H3,(H,19,22). The molecule has 0 radical (unpaired) electrons. The highest BCUT2D eigenvalue weighted by atomic mass is 16.3. The Bertz CT molecular complexity index is 757. The Balaban J connectivity index is 1.55. The molecular weight excluding hydrogens is 292 g/mol. The van der Waals surface area contributed by atoms with Gasteiger partial charge in [0.15, 0.2) is 12.0 Å². The number of fused-ring (bicyclic) bond motifs is 4. The zero-order chi connectivity index (χ0) is 16.0. The number of nitrogens with zero attached hydrogens (tertiary/aromatic N) is 1. The van der Waals surface area contributed by atoms with Gasteiger partial charge in [-0.05, 0) is 57.0 Å². The molecule has 3 aliphatic rings. The monoisotopic (exact) mass is 312 g/mol. The summed E-state index contributed by atoms with van der Waals surface area (Å²) in [6, 6.07) is 7.60. The predicted octanol–water partition coefficient (Wildman–Crippen LogP) is 2.46. The van der Waals surface area contributed by atoms with Crippen molar-refractivity contribution in [2.45, 2.75) is 31.8 Å². The lowest BCUT2D eigenvalue weighted by molar-refractivity contribution is 0.0217. The van der Waals surface area contributed by atoms with Crippen LogP contribution < -0.4 is 5.32 Å². The molecular formula is C18H20N2O3. The highest BCUT2D eigenvalue weighted by Crippen LogP contribution is 2.32. The second-order valence-electron chi connectivity index (χ2n) is 6.63. The molecule has 4 heterocycles. The minimum absolute atomic E-state index is 0.0680. The molecule has 3 saturated heterocycles. The van der Waals surface area contributed by atoms with Crippen molar-refractivity contribution in [3.63, 3.8) is 0 Å². The fraction of sp³-hybridized carbons (Fsp3) is 0.444. The van der Waals surface area contributed by atoms with Gasteiger partial charge in [-0.1, -0.05) is 6.07 Å². The first-order valence-electron chi connectivity index (χ1n) is 8.19. The number of furan rings is 1. The molecule has 0 saturated carbocycles. The van der Waals surface area contributed by atoms with Crippen molar-refractivity contribution in [3.05, 3.63) is 35.6 Å². The molecule has 2 unspecified atom stereocenters. The maximum atomic E-state index is 12.6. The molecule has 120 valence electrons. The Morgan fingerprint density at radius 3 is 2.78 bits per heavy atom. The van der Waals surface area contributed by atoms with Crippen LogP contribution in [-0.2, 0) is 0 Å². The summed E-state index contributed by atoms with van der Waals surface area (Å²) in [6.07, 6.45) is 3.00. The summed E-state index contributed by atoms with van der Waals surface area (Å²) >= 11 is 0. The zero-order valence-electron chi connectivity index (χ0n) is 13.1. The first kappa shape index (κ1) is 14.5. The Hall–Kier alpha value is -2.14. The number of rotatable bonds is 3. The Labute approximate surface area is 134 Å². The fourth-order valence-electron chi connectivity index (χ4n) is 4.03. The third-order valence-electron chi connectivity index (χ3n) is 5.39. The quantitative estimate of drug-likeness (QED) is 0.884. The van der Waals surface area contributed by atoms with Crippen LogP contribution in [0.15, 0.2) is 28.7 Å². The van der Waals surface area contributed by atoms with Crippen LogP contribution in [0.3, 0.4) is 0 Å². The van der Waals surface area contributed by atoms with Gasteiger partial charge in [-0.3, -0.25) is 14.5 Å². The summed E-state index contributed by atoms with van der Waals surface area (Å²) in [5.74, 6) is 0.790. The van der Waals surface area contributed by atoms with Crippen molar-refractivity contribution in [1.82, 2.24) is 10.2 Å². The van der Waals surface area contributed by atoms with Crippen molar-refractivity contribution in [1.29, 1.82) is 0 Å². The van der Waals surface area contributed by atoms with Crippen LogP contribution in [0.4, 0.5) is 0 Å². The SMILES string of the molecule is CC1C(NC(=O)c2ccc3cc(C=O)oc3c2)C2CCN1CC2. The van der Waals surface area contributed by atoms with Gasteiger partial charge in [-0.25, -0.2) is 0 Å². The van der Waals surface area contributed by atoms with Gasteiger partial charge in [-0.15, -0.1) is 0 Å². The van der Waals surface area contributed by atoms with Gasteiger partial charge in [0.25, 0.3) is 5.91 Å². The minimum Gasteiger partial charge on any atom is -0.453 e. The lowest BCUT2D eigenvalue weighted by atomic mass is 9.79. The predicted molar refractivity (Wildman–Crippen MR) is 86.6 cm³/mol. The molecule has 5 nitrogen and oxygen atoms in total. The second kappa shape index (κ2) is 5.49. The van der Waals surface area contributed by atoms with Crippen molar-refractivity contribution in [3.8, 4) is 0 Å². The molecule has 5 rings (SSSR count). The van der Waals surface area contributed by atoms with E-state index >= 15 is 0 Å². The van der Waals surface area contributed by atoms with Gasteiger partial charge in [0.05, 0.1) is 0 Å². The van der Waals surface area contributed by atoms with E-state index < -0.39 is 0 Å². The highest BCUT2D eigenvalue weighted by molar-refractivity contribution is 5.98. The molecule has 1 amide bonds. The van der Waals surface area contributed by atoms with Gasteiger partial charge in [0.2, 0.25) is 0 Å². The Kier molecular flexibility index (Phi) is 3.45. The largest absolute Gasteiger partial charge is 0.453 e. The van der Waals surface area contributed by atoms with Crippen LogP contribution in [0, 0.1) is 5.92 Å². The number of hydrogen-bond acceptors (Lipinski definition) is 4. The number of amides is 1. The fourth-order valence-corrected chi connectivity index (χ4v) is 4.03. The van der Waals surface area contributed by atoms with E-state index in [0.717, 1.165) is 31.3 Å². The van der Waals surface area contributed by atoms with Crippen molar-refractivity contribution < 1.29 is 14.0 Å². The summed E-state index contributed by atoms with van der Waals surface area (Å²) < 4.78 is 5.41. The first-order chi connectivity index (χ1) is 11.2. The molecule has 3 aliphatic heterocycles. The molecule has 3 fully saturated rings. The van der Waals surface area contributed by atoms with Crippen LogP contribution in [0.25, 0.3) is 11.0 Å². The summed E-state index contributed by atoms with van der Waals surface area (Å²) in [7, 11) is 0. The van der Waals surface area contributed by atoms with E-state index in [-0.39, 0.29) is 17.7 Å². The van der Waals surface area contributed by atoms with Crippen LogP contribution in [-0.4, -0.2) is 42.3 Å². The third kappa shape index (κ3) is 2.45. The van der Waals surface area contributed by atoms with E-state index in [1.54, 1.807) is 18.2 Å². The maximum Gasteiger partial charge on any atom is 0.251 e. The lowest BCUT2D eigenvalue weighted by Gasteiger charge is -2.49. The molecule has 1 N–H and O–H groups in total. The van der Waals surface area contributed by atoms with Gasteiger partial charge in [0, 0.05) is 23.0 Å². The summed E-state index contributed by atoms with van der Waals surface area (Å²) in [4.78, 5) is 25.9. The zero-order valence-corrected chi connectivity index (χ0v) is 13.1. The molecule has 0 aliphatic carbocycles. The van der Waals surface area contributed by atoms with Gasteiger partial charge in [0.1, 0.15) is 5.58 Å². The molecule has 2 bridgehead atoms. The van der Waals surface area contributed by atoms with Gasteiger partial charge >= 0.3 is 0 Å². The van der Waals surface area contributed by atoms with Crippen molar-refractivity contribution in [2.24, 2.45) is 5.92 Å². The van der Waals surface area contributed by atoms with E-state index in [1.807, 2.05) is 6.07 Å².